The molecular formula is C6H15O5P. The van der Waals surface area contributed by atoms with Gasteiger partial charge in [-0.15, -0.1) is 0 Å². The molecule has 5 nitrogen and oxygen atoms in total. The highest BCUT2D eigenvalue weighted by molar-refractivity contribution is 7.53. The number of hydrogen-bond donors (Lipinski definition) is 3. The Kier molecular flexibility index (Phi) is 4.97. The van der Waals surface area contributed by atoms with E-state index in [9.17, 15) is 4.57 Å². The summed E-state index contributed by atoms with van der Waals surface area (Å²) in [5.74, 6) is 0. The zero-order valence-corrected chi connectivity index (χ0v) is 8.07. The van der Waals surface area contributed by atoms with Gasteiger partial charge in [0.2, 0.25) is 0 Å². The average Bonchev–Trinajstić information content (AvgIpc) is 2.00. The van der Waals surface area contributed by atoms with Crippen LogP contribution in [0.3, 0.4) is 0 Å². The predicted molar refractivity (Wildman–Crippen MR) is 44.0 cm³/mol. The fourth-order valence-electron chi connectivity index (χ4n) is 0.395. The van der Waals surface area contributed by atoms with Gasteiger partial charge in [0, 0.05) is 0 Å². The summed E-state index contributed by atoms with van der Waals surface area (Å²) < 4.78 is 15.6. The van der Waals surface area contributed by atoms with Crippen molar-refractivity contribution in [1.82, 2.24) is 0 Å². The largest absolute Gasteiger partial charge is 0.394 e. The summed E-state index contributed by atoms with van der Waals surface area (Å²) in [6.07, 6.45) is -1.09. The molecule has 0 bridgehead atoms. The Morgan fingerprint density at radius 2 is 2.00 bits per heavy atom. The normalized spacial score (nSPS) is 19.2. The fraction of sp³-hybridized carbons (Fsp3) is 1.00. The maximum Gasteiger partial charge on any atom is 0.330 e. The van der Waals surface area contributed by atoms with Crippen molar-refractivity contribution in [3.63, 3.8) is 0 Å². The van der Waals surface area contributed by atoms with Crippen molar-refractivity contribution >= 4 is 7.60 Å². The van der Waals surface area contributed by atoms with Gasteiger partial charge in [-0.05, 0) is 0 Å². The second-order valence-electron chi connectivity index (χ2n) is 2.79. The van der Waals surface area contributed by atoms with E-state index >= 15 is 0 Å². The molecule has 0 aromatic rings. The molecule has 0 saturated carbocycles. The highest BCUT2D eigenvalue weighted by Crippen LogP contribution is 2.46. The third-order valence-corrected chi connectivity index (χ3v) is 3.14. The van der Waals surface area contributed by atoms with Crippen molar-refractivity contribution in [2.24, 2.45) is 0 Å². The Hall–Kier alpha value is 0.0700. The van der Waals surface area contributed by atoms with Gasteiger partial charge in [-0.1, -0.05) is 13.8 Å². The summed E-state index contributed by atoms with van der Waals surface area (Å²) in [7, 11) is -3.60. The molecule has 0 heterocycles. The quantitative estimate of drug-likeness (QED) is 0.539. The molecule has 0 aliphatic rings. The van der Waals surface area contributed by atoms with Gasteiger partial charge < -0.3 is 19.6 Å². The number of aliphatic hydroxyl groups excluding tert-OH is 2. The van der Waals surface area contributed by atoms with Gasteiger partial charge in [-0.3, -0.25) is 4.57 Å². The van der Waals surface area contributed by atoms with Gasteiger partial charge in [0.25, 0.3) is 0 Å². The third-order valence-electron chi connectivity index (χ3n) is 1.32. The molecule has 0 aliphatic heterocycles. The molecule has 74 valence electrons. The van der Waals surface area contributed by atoms with E-state index in [-0.39, 0.29) is 6.61 Å². The van der Waals surface area contributed by atoms with Crippen LogP contribution in [0.1, 0.15) is 13.8 Å². The topological polar surface area (TPSA) is 87.0 Å². The second-order valence-corrected chi connectivity index (χ2v) is 5.21. The molecule has 0 radical (unpaired) electrons. The Morgan fingerprint density at radius 1 is 1.50 bits per heavy atom. The first-order valence-electron chi connectivity index (χ1n) is 3.66. The van der Waals surface area contributed by atoms with Crippen LogP contribution < -0.4 is 0 Å². The van der Waals surface area contributed by atoms with E-state index in [1.165, 1.54) is 0 Å². The highest BCUT2D eigenvalue weighted by Gasteiger charge is 2.25. The molecule has 0 fully saturated rings. The lowest BCUT2D eigenvalue weighted by molar-refractivity contribution is 0.0490. The molecule has 12 heavy (non-hydrogen) atoms. The molecule has 1 unspecified atom stereocenters. The van der Waals surface area contributed by atoms with Gasteiger partial charge in [0.1, 0.15) is 6.10 Å². The van der Waals surface area contributed by atoms with E-state index in [1.54, 1.807) is 13.8 Å². The van der Waals surface area contributed by atoms with Crippen molar-refractivity contribution in [2.45, 2.75) is 25.6 Å². The van der Waals surface area contributed by atoms with Crippen molar-refractivity contribution < 1.29 is 24.2 Å². The molecule has 3 N–H and O–H groups in total. The Labute approximate surface area is 71.5 Å². The van der Waals surface area contributed by atoms with Crippen molar-refractivity contribution in [3.05, 3.63) is 0 Å². The van der Waals surface area contributed by atoms with Crippen LogP contribution in [0.5, 0.6) is 0 Å². The van der Waals surface area contributed by atoms with E-state index < -0.39 is 26.0 Å². The Bertz CT molecular complexity index is 169. The number of rotatable bonds is 5. The van der Waals surface area contributed by atoms with Crippen LogP contribution >= 0.6 is 7.60 Å². The molecule has 6 heteroatoms. The lowest BCUT2D eigenvalue weighted by Gasteiger charge is -2.16. The molecular weight excluding hydrogens is 183 g/mol. The molecule has 0 amide bonds. The minimum atomic E-state index is -3.60. The van der Waals surface area contributed by atoms with Gasteiger partial charge >= 0.3 is 7.60 Å². The SMILES string of the molecule is CC(C)P(=O)(O)OC[C@H](O)CO. The number of aliphatic hydroxyl groups is 2. The summed E-state index contributed by atoms with van der Waals surface area (Å²) >= 11 is 0. The average molecular weight is 198 g/mol. The standard InChI is InChI=1S/C6H15O5P/c1-5(2)12(9,10)11-4-6(8)3-7/h5-8H,3-4H2,1-2H3,(H,9,10)/t6-/m1/s1. The smallest absolute Gasteiger partial charge is 0.330 e. The molecule has 0 aliphatic carbocycles. The zero-order valence-electron chi connectivity index (χ0n) is 7.17. The third kappa shape index (κ3) is 4.18. The molecule has 0 aromatic heterocycles. The van der Waals surface area contributed by atoms with E-state index in [0.717, 1.165) is 0 Å². The predicted octanol–water partition coefficient (Wildman–Crippen LogP) is -0.0500. The van der Waals surface area contributed by atoms with Crippen LogP contribution in [0.4, 0.5) is 0 Å². The van der Waals surface area contributed by atoms with E-state index in [1.807, 2.05) is 0 Å². The minimum absolute atomic E-state index is 0.317. The first-order valence-corrected chi connectivity index (χ1v) is 5.30. The number of hydrogen-bond acceptors (Lipinski definition) is 4. The lowest BCUT2D eigenvalue weighted by atomic mass is 10.4. The molecule has 0 aromatic carbocycles. The molecule has 0 saturated heterocycles. The maximum absolute atomic E-state index is 11.1. The molecule has 2 atom stereocenters. The first kappa shape index (κ1) is 12.1. The van der Waals surface area contributed by atoms with Crippen LogP contribution in [0.2, 0.25) is 0 Å². The van der Waals surface area contributed by atoms with Crippen molar-refractivity contribution in [1.29, 1.82) is 0 Å². The van der Waals surface area contributed by atoms with Gasteiger partial charge in [-0.25, -0.2) is 0 Å². The Morgan fingerprint density at radius 3 is 2.33 bits per heavy atom. The summed E-state index contributed by atoms with van der Waals surface area (Å²) in [4.78, 5) is 9.08. The Balaban J connectivity index is 3.84. The van der Waals surface area contributed by atoms with Gasteiger partial charge in [0.15, 0.2) is 0 Å². The zero-order chi connectivity index (χ0) is 9.78. The molecule has 0 spiro atoms. The van der Waals surface area contributed by atoms with Crippen LogP contribution in [-0.4, -0.2) is 40.1 Å². The minimum Gasteiger partial charge on any atom is -0.394 e. The molecule has 0 rings (SSSR count). The van der Waals surface area contributed by atoms with Crippen molar-refractivity contribution in [3.8, 4) is 0 Å². The van der Waals surface area contributed by atoms with E-state index in [0.29, 0.717) is 0 Å². The van der Waals surface area contributed by atoms with E-state index in [4.69, 9.17) is 15.1 Å². The van der Waals surface area contributed by atoms with Crippen LogP contribution in [0, 0.1) is 0 Å². The van der Waals surface area contributed by atoms with E-state index in [2.05, 4.69) is 4.52 Å². The van der Waals surface area contributed by atoms with Gasteiger partial charge in [0.05, 0.1) is 18.9 Å². The van der Waals surface area contributed by atoms with Crippen molar-refractivity contribution in [2.75, 3.05) is 13.2 Å². The van der Waals surface area contributed by atoms with Crippen LogP contribution in [-0.2, 0) is 9.09 Å². The maximum atomic E-state index is 11.1. The van der Waals surface area contributed by atoms with Crippen LogP contribution in [0.25, 0.3) is 0 Å². The summed E-state index contributed by atoms with van der Waals surface area (Å²) in [6, 6.07) is 0. The fourth-order valence-corrected chi connectivity index (χ4v) is 1.08. The monoisotopic (exact) mass is 198 g/mol. The summed E-state index contributed by atoms with van der Waals surface area (Å²) in [5.41, 5.74) is -0.497. The summed E-state index contributed by atoms with van der Waals surface area (Å²) in [6.45, 7) is 2.30. The first-order chi connectivity index (χ1) is 5.40. The summed E-state index contributed by atoms with van der Waals surface area (Å²) in [5, 5.41) is 17.2. The van der Waals surface area contributed by atoms with Gasteiger partial charge in [-0.2, -0.15) is 0 Å². The highest BCUT2D eigenvalue weighted by atomic mass is 31.2. The van der Waals surface area contributed by atoms with Crippen LogP contribution in [0.15, 0.2) is 0 Å². The second kappa shape index (κ2) is 4.94. The lowest BCUT2D eigenvalue weighted by Crippen LogP contribution is -2.19.